The van der Waals surface area contributed by atoms with Gasteiger partial charge in [-0.2, -0.15) is 4.73 Å². The van der Waals surface area contributed by atoms with Gasteiger partial charge in [-0.1, -0.05) is 12.1 Å². The minimum Gasteiger partial charge on any atom is -0.619 e. The number of esters is 1. The van der Waals surface area contributed by atoms with Crippen LogP contribution < -0.4 is 4.73 Å². The lowest BCUT2D eigenvalue weighted by Crippen LogP contribution is -2.33. The van der Waals surface area contributed by atoms with Crippen LogP contribution in [0.15, 0.2) is 48.8 Å². The summed E-state index contributed by atoms with van der Waals surface area (Å²) in [5.74, 6) is -0.986. The highest BCUT2D eigenvalue weighted by atomic mass is 32.1. The second kappa shape index (κ2) is 7.49. The van der Waals surface area contributed by atoms with Gasteiger partial charge in [-0.25, -0.2) is 9.78 Å². The lowest BCUT2D eigenvalue weighted by molar-refractivity contribution is -0.605. The molecular weight excluding hydrogens is 354 g/mol. The molecule has 1 atom stereocenters. The third-order valence-corrected chi connectivity index (χ3v) is 5.21. The number of carbonyl (C=O) groups excluding carboxylic acids is 2. The topological polar surface area (TPSA) is 86.4 Å². The van der Waals surface area contributed by atoms with Gasteiger partial charge in [0.2, 0.25) is 0 Å². The van der Waals surface area contributed by atoms with Crippen LogP contribution in [0.5, 0.6) is 0 Å². The van der Waals surface area contributed by atoms with Crippen molar-refractivity contribution in [2.45, 2.75) is 13.0 Å². The van der Waals surface area contributed by atoms with Gasteiger partial charge in [0.05, 0.1) is 21.8 Å². The van der Waals surface area contributed by atoms with Crippen LogP contribution >= 0.6 is 11.3 Å². The van der Waals surface area contributed by atoms with Gasteiger partial charge in [0.25, 0.3) is 5.91 Å². The first-order valence-electron chi connectivity index (χ1n) is 7.93. The summed E-state index contributed by atoms with van der Waals surface area (Å²) in [7, 11) is 1.65. The molecule has 8 heteroatoms. The third kappa shape index (κ3) is 3.80. The molecule has 2 aromatic heterocycles. The molecule has 26 heavy (non-hydrogen) atoms. The van der Waals surface area contributed by atoms with Gasteiger partial charge >= 0.3 is 5.97 Å². The lowest BCUT2D eigenvalue weighted by atomic mass is 10.3. The van der Waals surface area contributed by atoms with Crippen molar-refractivity contribution in [3.8, 4) is 0 Å². The fourth-order valence-electron chi connectivity index (χ4n) is 2.31. The van der Waals surface area contributed by atoms with Crippen LogP contribution in [0.25, 0.3) is 10.2 Å². The second-order valence-electron chi connectivity index (χ2n) is 5.72. The van der Waals surface area contributed by atoms with Crippen LogP contribution in [0.4, 0.5) is 0 Å². The van der Waals surface area contributed by atoms with Gasteiger partial charge in [0.1, 0.15) is 5.01 Å². The number of hydrogen-bond acceptors (Lipinski definition) is 6. The van der Waals surface area contributed by atoms with Gasteiger partial charge in [0.15, 0.2) is 19.0 Å². The van der Waals surface area contributed by atoms with E-state index in [2.05, 4.69) is 4.98 Å². The lowest BCUT2D eigenvalue weighted by Gasteiger charge is -2.23. The molecule has 3 rings (SSSR count). The van der Waals surface area contributed by atoms with E-state index in [0.29, 0.717) is 4.73 Å². The summed E-state index contributed by atoms with van der Waals surface area (Å²) in [5.41, 5.74) is 1.11. The number of benzene rings is 1. The zero-order chi connectivity index (χ0) is 18.7. The van der Waals surface area contributed by atoms with Crippen molar-refractivity contribution in [3.63, 3.8) is 0 Å². The Morgan fingerprint density at radius 1 is 1.27 bits per heavy atom. The Bertz CT molecular complexity index is 906. The molecule has 2 heterocycles. The highest BCUT2D eigenvalue weighted by Gasteiger charge is 2.22. The summed E-state index contributed by atoms with van der Waals surface area (Å²) in [4.78, 5) is 30.3. The molecule has 0 fully saturated rings. The average Bonchev–Trinajstić information content (AvgIpc) is 3.09. The van der Waals surface area contributed by atoms with Crippen LogP contribution in [0.3, 0.4) is 0 Å². The predicted molar refractivity (Wildman–Crippen MR) is 96.5 cm³/mol. The molecular formula is C18H17N3O4S. The molecule has 3 aromatic rings. The Balaban J connectivity index is 1.61. The van der Waals surface area contributed by atoms with Crippen molar-refractivity contribution in [3.05, 3.63) is 64.6 Å². The van der Waals surface area contributed by atoms with E-state index >= 15 is 0 Å². The molecule has 0 saturated carbocycles. The molecule has 1 aromatic carbocycles. The van der Waals surface area contributed by atoms with Crippen LogP contribution in [-0.2, 0) is 9.53 Å². The number of hydrogen-bond donors (Lipinski definition) is 0. The number of para-hydroxylation sites is 1. The van der Waals surface area contributed by atoms with Gasteiger partial charge in [0, 0.05) is 19.2 Å². The third-order valence-electron chi connectivity index (χ3n) is 4.01. The van der Waals surface area contributed by atoms with Crippen LogP contribution in [0, 0.1) is 5.21 Å². The Kier molecular flexibility index (Phi) is 5.13. The second-order valence-corrected chi connectivity index (χ2v) is 6.79. The van der Waals surface area contributed by atoms with Crippen molar-refractivity contribution in [1.29, 1.82) is 0 Å². The molecule has 7 nitrogen and oxygen atoms in total. The minimum absolute atomic E-state index is 0.215. The van der Waals surface area contributed by atoms with Crippen molar-refractivity contribution in [2.24, 2.45) is 0 Å². The van der Waals surface area contributed by atoms with Crippen LogP contribution in [0.1, 0.15) is 28.3 Å². The summed E-state index contributed by atoms with van der Waals surface area (Å²) >= 11 is 1.53. The summed E-state index contributed by atoms with van der Waals surface area (Å²) in [6, 6.07) is 10.2. The first-order chi connectivity index (χ1) is 12.5. The number of aromatic nitrogens is 2. The van der Waals surface area contributed by atoms with E-state index in [1.165, 1.54) is 40.8 Å². The van der Waals surface area contributed by atoms with Crippen LogP contribution in [0.2, 0.25) is 0 Å². The summed E-state index contributed by atoms with van der Waals surface area (Å²) in [6.45, 7) is 1.50. The molecule has 0 unspecified atom stereocenters. The fraction of sp³-hybridized carbons (Fsp3) is 0.222. The first-order valence-corrected chi connectivity index (χ1v) is 8.74. The number of likely N-dealkylation sites (N-methyl/N-ethyl adjacent to an activating group) is 1. The number of fused-ring (bicyclic) bond motifs is 1. The van der Waals surface area contributed by atoms with Crippen molar-refractivity contribution < 1.29 is 19.1 Å². The largest absolute Gasteiger partial charge is 0.619 e. The number of ether oxygens (including phenoxy) is 1. The Morgan fingerprint density at radius 3 is 2.65 bits per heavy atom. The number of amides is 1. The van der Waals surface area contributed by atoms with E-state index in [9.17, 15) is 14.8 Å². The average molecular weight is 371 g/mol. The predicted octanol–water partition coefficient (Wildman–Crippen LogP) is 2.31. The monoisotopic (exact) mass is 371 g/mol. The molecule has 134 valence electrons. The Labute approximate surface area is 154 Å². The smallest absolute Gasteiger partial charge is 0.339 e. The summed E-state index contributed by atoms with van der Waals surface area (Å²) in [5, 5.41) is 11.8. The number of thiazole rings is 1. The highest BCUT2D eigenvalue weighted by Crippen LogP contribution is 2.28. The molecule has 0 radical (unpaired) electrons. The van der Waals surface area contributed by atoms with E-state index in [1.807, 2.05) is 31.2 Å². The van der Waals surface area contributed by atoms with E-state index in [0.717, 1.165) is 15.2 Å². The van der Waals surface area contributed by atoms with Crippen molar-refractivity contribution in [2.75, 3.05) is 13.7 Å². The zero-order valence-electron chi connectivity index (χ0n) is 14.3. The van der Waals surface area contributed by atoms with E-state index < -0.39 is 5.97 Å². The molecule has 0 N–H and O–H groups in total. The number of pyridine rings is 1. The van der Waals surface area contributed by atoms with Gasteiger partial charge < -0.3 is 14.8 Å². The minimum atomic E-state index is -0.653. The number of carbonyl (C=O) groups is 2. The van der Waals surface area contributed by atoms with Crippen molar-refractivity contribution in [1.82, 2.24) is 9.88 Å². The van der Waals surface area contributed by atoms with E-state index in [4.69, 9.17) is 4.74 Å². The maximum absolute atomic E-state index is 12.3. The van der Waals surface area contributed by atoms with Gasteiger partial charge in [-0.3, -0.25) is 4.79 Å². The zero-order valence-corrected chi connectivity index (χ0v) is 15.1. The Morgan fingerprint density at radius 2 is 1.96 bits per heavy atom. The fourth-order valence-corrected chi connectivity index (χ4v) is 3.37. The quantitative estimate of drug-likeness (QED) is 0.390. The van der Waals surface area contributed by atoms with Gasteiger partial charge in [-0.15, -0.1) is 11.3 Å². The Hall–Kier alpha value is -3.00. The number of nitrogens with zero attached hydrogens (tertiary/aromatic N) is 3. The maximum Gasteiger partial charge on any atom is 0.339 e. The summed E-state index contributed by atoms with van der Waals surface area (Å²) in [6.07, 6.45) is 2.39. The maximum atomic E-state index is 12.3. The number of rotatable bonds is 5. The molecule has 1 amide bonds. The normalized spacial score (nSPS) is 11.9. The summed E-state index contributed by atoms with van der Waals surface area (Å²) < 4.78 is 6.66. The van der Waals surface area contributed by atoms with E-state index in [1.54, 1.807) is 7.05 Å². The van der Waals surface area contributed by atoms with E-state index in [-0.39, 0.29) is 24.1 Å². The van der Waals surface area contributed by atoms with Gasteiger partial charge in [-0.05, 0) is 19.1 Å². The molecule has 0 aliphatic carbocycles. The molecule has 0 bridgehead atoms. The molecule has 0 saturated heterocycles. The standard InChI is InChI=1S/C18H17N3O4S/c1-12(17-19-14-5-3-4-6-15(14)26-17)20(2)16(22)11-25-18(23)13-7-9-21(24)10-8-13/h3-10,12H,11H2,1-2H3/t12-/m1/s1. The molecule has 0 aliphatic rings. The molecule has 0 aliphatic heterocycles. The SMILES string of the molecule is C[C@H](c1nc2ccccc2s1)N(C)C(=O)COC(=O)c1cc[n+]([O-])cc1. The van der Waals surface area contributed by atoms with Crippen molar-refractivity contribution >= 4 is 33.4 Å². The highest BCUT2D eigenvalue weighted by molar-refractivity contribution is 7.18. The molecule has 0 spiro atoms. The first kappa shape index (κ1) is 17.8. The van der Waals surface area contributed by atoms with Crippen LogP contribution in [-0.4, -0.2) is 35.4 Å².